The topological polar surface area (TPSA) is 34.9 Å². The number of hydrogen-bond acceptors (Lipinski definition) is 2. The molecule has 0 amide bonds. The second-order valence-corrected chi connectivity index (χ2v) is 5.13. The Kier molecular flexibility index (Phi) is 3.32. The van der Waals surface area contributed by atoms with Crippen LogP contribution < -0.4 is 0 Å². The lowest BCUT2D eigenvalue weighted by Crippen LogP contribution is -2.15. The van der Waals surface area contributed by atoms with Crippen molar-refractivity contribution >= 4 is 5.78 Å². The van der Waals surface area contributed by atoms with E-state index < -0.39 is 0 Å². The smallest absolute Gasteiger partial charge is 0.130 e. The molecular weight excluding hydrogens is 188 g/mol. The first kappa shape index (κ1) is 12.0. The van der Waals surface area contributed by atoms with E-state index in [1.807, 2.05) is 17.9 Å². The van der Waals surface area contributed by atoms with Gasteiger partial charge in [-0.1, -0.05) is 20.8 Å². The Balaban J connectivity index is 2.91. The van der Waals surface area contributed by atoms with Crippen LogP contribution in [0.1, 0.15) is 45.4 Å². The molecule has 1 rings (SSSR count). The van der Waals surface area contributed by atoms with Crippen molar-refractivity contribution < 1.29 is 4.79 Å². The average Bonchev–Trinajstić information content (AvgIpc) is 2.42. The zero-order chi connectivity index (χ0) is 11.6. The van der Waals surface area contributed by atoms with Crippen LogP contribution in [0, 0.1) is 0 Å². The number of nitrogens with zero attached hydrogens (tertiary/aromatic N) is 2. The summed E-state index contributed by atoms with van der Waals surface area (Å²) in [7, 11) is 1.92. The summed E-state index contributed by atoms with van der Waals surface area (Å²) in [5.41, 5.74) is 2.35. The minimum Gasteiger partial charge on any atom is -0.300 e. The minimum atomic E-state index is 0.0490. The Bertz CT molecular complexity index is 358. The van der Waals surface area contributed by atoms with Gasteiger partial charge in [-0.3, -0.25) is 4.68 Å². The monoisotopic (exact) mass is 208 g/mol. The number of rotatable bonds is 3. The van der Waals surface area contributed by atoms with Crippen molar-refractivity contribution in [2.75, 3.05) is 0 Å². The molecule has 0 spiro atoms. The van der Waals surface area contributed by atoms with Crippen LogP contribution in [0.5, 0.6) is 0 Å². The van der Waals surface area contributed by atoms with Crippen LogP contribution in [0.4, 0.5) is 0 Å². The number of hydrogen-bond donors (Lipinski definition) is 0. The third kappa shape index (κ3) is 3.18. The van der Waals surface area contributed by atoms with Crippen molar-refractivity contribution in [1.82, 2.24) is 9.78 Å². The summed E-state index contributed by atoms with van der Waals surface area (Å²) in [6.45, 7) is 8.07. The summed E-state index contributed by atoms with van der Waals surface area (Å²) in [4.78, 5) is 11.0. The average molecular weight is 208 g/mol. The third-order valence-electron chi connectivity index (χ3n) is 2.36. The van der Waals surface area contributed by atoms with Crippen LogP contribution in [0.15, 0.2) is 6.20 Å². The number of carbonyl (C=O) groups excluding carboxylic acids is 1. The lowest BCUT2D eigenvalue weighted by Gasteiger charge is -2.17. The molecule has 0 bridgehead atoms. The summed E-state index contributed by atoms with van der Waals surface area (Å²) in [6, 6.07) is 0. The molecule has 15 heavy (non-hydrogen) atoms. The minimum absolute atomic E-state index is 0.0490. The van der Waals surface area contributed by atoms with Gasteiger partial charge in [0, 0.05) is 25.1 Å². The molecule has 1 aromatic heterocycles. The van der Waals surface area contributed by atoms with Gasteiger partial charge in [0.15, 0.2) is 0 Å². The second kappa shape index (κ2) is 4.17. The van der Waals surface area contributed by atoms with E-state index in [-0.39, 0.29) is 11.2 Å². The molecule has 3 nitrogen and oxygen atoms in total. The van der Waals surface area contributed by atoms with E-state index in [1.165, 1.54) is 5.56 Å². The summed E-state index contributed by atoms with van der Waals surface area (Å²) in [5.74, 6) is 0.235. The van der Waals surface area contributed by atoms with Gasteiger partial charge in [0.2, 0.25) is 0 Å². The van der Waals surface area contributed by atoms with E-state index in [4.69, 9.17) is 0 Å². The molecule has 1 heterocycles. The van der Waals surface area contributed by atoms with E-state index in [1.54, 1.807) is 6.92 Å². The first-order valence-electron chi connectivity index (χ1n) is 5.33. The maximum absolute atomic E-state index is 11.0. The van der Waals surface area contributed by atoms with Crippen LogP contribution in [-0.2, 0) is 23.7 Å². The zero-order valence-corrected chi connectivity index (χ0v) is 10.3. The Morgan fingerprint density at radius 2 is 2.07 bits per heavy atom. The van der Waals surface area contributed by atoms with Gasteiger partial charge >= 0.3 is 0 Å². The number of carbonyl (C=O) groups is 1. The van der Waals surface area contributed by atoms with E-state index >= 15 is 0 Å². The van der Waals surface area contributed by atoms with E-state index in [2.05, 4.69) is 25.9 Å². The Morgan fingerprint density at radius 3 is 2.53 bits per heavy atom. The van der Waals surface area contributed by atoms with Gasteiger partial charge < -0.3 is 4.79 Å². The molecule has 0 saturated heterocycles. The highest BCUT2D eigenvalue weighted by Crippen LogP contribution is 2.24. The molecule has 0 aliphatic carbocycles. The van der Waals surface area contributed by atoms with Crippen LogP contribution in [0.2, 0.25) is 0 Å². The van der Waals surface area contributed by atoms with Crippen molar-refractivity contribution in [1.29, 1.82) is 0 Å². The van der Waals surface area contributed by atoms with Crippen LogP contribution in [0.3, 0.4) is 0 Å². The summed E-state index contributed by atoms with van der Waals surface area (Å²) in [6.07, 6.45) is 3.42. The van der Waals surface area contributed by atoms with Gasteiger partial charge in [0.1, 0.15) is 5.78 Å². The van der Waals surface area contributed by atoms with Crippen LogP contribution in [0.25, 0.3) is 0 Å². The highest BCUT2D eigenvalue weighted by molar-refractivity contribution is 5.75. The maximum atomic E-state index is 11.0. The Hall–Kier alpha value is -1.12. The van der Waals surface area contributed by atoms with E-state index in [0.29, 0.717) is 6.42 Å². The molecule has 0 N–H and O–H groups in total. The molecule has 0 unspecified atom stereocenters. The van der Waals surface area contributed by atoms with E-state index in [9.17, 15) is 4.79 Å². The standard InChI is InChI=1S/C12H20N2O/c1-9(15)6-7-10-8-14(5)13-11(10)12(2,3)4/h8H,6-7H2,1-5H3. The molecule has 0 radical (unpaired) electrons. The molecule has 0 aromatic carbocycles. The summed E-state index contributed by atoms with van der Waals surface area (Å²) >= 11 is 0. The maximum Gasteiger partial charge on any atom is 0.130 e. The summed E-state index contributed by atoms with van der Waals surface area (Å²) in [5, 5.41) is 4.47. The lowest BCUT2D eigenvalue weighted by molar-refractivity contribution is -0.116. The van der Waals surface area contributed by atoms with Crippen LogP contribution in [-0.4, -0.2) is 15.6 Å². The first-order valence-corrected chi connectivity index (χ1v) is 5.33. The lowest BCUT2D eigenvalue weighted by atomic mass is 9.88. The molecule has 0 aliphatic heterocycles. The van der Waals surface area contributed by atoms with Crippen LogP contribution >= 0.6 is 0 Å². The number of ketones is 1. The van der Waals surface area contributed by atoms with Crippen molar-refractivity contribution in [3.8, 4) is 0 Å². The molecule has 0 fully saturated rings. The Labute approximate surface area is 91.5 Å². The SMILES string of the molecule is CC(=O)CCc1cn(C)nc1C(C)(C)C. The molecule has 3 heteroatoms. The largest absolute Gasteiger partial charge is 0.300 e. The molecule has 0 aliphatic rings. The third-order valence-corrected chi connectivity index (χ3v) is 2.36. The predicted octanol–water partition coefficient (Wildman–Crippen LogP) is 2.24. The Morgan fingerprint density at radius 1 is 1.47 bits per heavy atom. The van der Waals surface area contributed by atoms with Crippen molar-refractivity contribution in [3.05, 3.63) is 17.5 Å². The van der Waals surface area contributed by atoms with Gasteiger partial charge in [-0.05, 0) is 18.9 Å². The van der Waals surface area contributed by atoms with E-state index in [0.717, 1.165) is 12.1 Å². The van der Waals surface area contributed by atoms with Gasteiger partial charge in [0.25, 0.3) is 0 Å². The first-order chi connectivity index (χ1) is 6.80. The fourth-order valence-corrected chi connectivity index (χ4v) is 1.66. The normalized spacial score (nSPS) is 11.8. The van der Waals surface area contributed by atoms with Gasteiger partial charge in [-0.25, -0.2) is 0 Å². The fraction of sp³-hybridized carbons (Fsp3) is 0.667. The molecule has 1 aromatic rings. The summed E-state index contributed by atoms with van der Waals surface area (Å²) < 4.78 is 1.83. The molecule has 0 saturated carbocycles. The van der Waals surface area contributed by atoms with Gasteiger partial charge in [0.05, 0.1) is 5.69 Å². The quantitative estimate of drug-likeness (QED) is 0.763. The van der Waals surface area contributed by atoms with Gasteiger partial charge in [-0.15, -0.1) is 0 Å². The fourth-order valence-electron chi connectivity index (χ4n) is 1.66. The molecule has 84 valence electrons. The van der Waals surface area contributed by atoms with Crippen molar-refractivity contribution in [3.63, 3.8) is 0 Å². The second-order valence-electron chi connectivity index (χ2n) is 5.13. The highest BCUT2D eigenvalue weighted by atomic mass is 16.1. The number of aromatic nitrogens is 2. The molecule has 0 atom stereocenters. The van der Waals surface area contributed by atoms with Crippen molar-refractivity contribution in [2.24, 2.45) is 7.05 Å². The molecular formula is C12H20N2O. The number of Topliss-reactive ketones (excluding diaryl/α,β-unsaturated/α-hetero) is 1. The van der Waals surface area contributed by atoms with Gasteiger partial charge in [-0.2, -0.15) is 5.10 Å². The zero-order valence-electron chi connectivity index (χ0n) is 10.3. The van der Waals surface area contributed by atoms with Crippen molar-refractivity contribution in [2.45, 2.75) is 46.0 Å². The number of aryl methyl sites for hydroxylation is 2. The highest BCUT2D eigenvalue weighted by Gasteiger charge is 2.21. The predicted molar refractivity (Wildman–Crippen MR) is 60.9 cm³/mol.